The van der Waals surface area contributed by atoms with E-state index in [1.54, 1.807) is 11.8 Å². The Morgan fingerprint density at radius 1 is 1.33 bits per heavy atom. The zero-order chi connectivity index (χ0) is 21.3. The summed E-state index contributed by atoms with van der Waals surface area (Å²) in [6.45, 7) is 2.64. The van der Waals surface area contributed by atoms with Crippen molar-refractivity contribution in [2.24, 2.45) is 0 Å². The van der Waals surface area contributed by atoms with Gasteiger partial charge in [-0.2, -0.15) is 10.1 Å². The van der Waals surface area contributed by atoms with Crippen LogP contribution in [-0.2, 0) is 16.1 Å². The van der Waals surface area contributed by atoms with Gasteiger partial charge in [-0.1, -0.05) is 15.9 Å². The molecule has 9 nitrogen and oxygen atoms in total. The van der Waals surface area contributed by atoms with Crippen molar-refractivity contribution in [1.29, 1.82) is 0 Å². The number of likely N-dealkylation sites (N-methyl/N-ethyl adjacent to an activating group) is 1. The molecule has 0 radical (unpaired) electrons. The number of ether oxygens (including phenoxy) is 1. The smallest absolute Gasteiger partial charge is 0.238 e. The predicted molar refractivity (Wildman–Crippen MR) is 119 cm³/mol. The average Bonchev–Trinajstić information content (AvgIpc) is 3.25. The van der Waals surface area contributed by atoms with Crippen molar-refractivity contribution in [3.63, 3.8) is 0 Å². The maximum absolute atomic E-state index is 12.9. The van der Waals surface area contributed by atoms with E-state index < -0.39 is 5.92 Å². The molecule has 1 aliphatic heterocycles. The van der Waals surface area contributed by atoms with Crippen molar-refractivity contribution >= 4 is 44.5 Å². The molecule has 3 heterocycles. The molecule has 0 spiro atoms. The highest BCUT2D eigenvalue weighted by atomic mass is 79.9. The van der Waals surface area contributed by atoms with Gasteiger partial charge in [0, 0.05) is 36.6 Å². The van der Waals surface area contributed by atoms with Crippen LogP contribution in [0.2, 0.25) is 0 Å². The van der Waals surface area contributed by atoms with Crippen LogP contribution in [0.5, 0.6) is 0 Å². The molecule has 30 heavy (non-hydrogen) atoms. The number of nitrogens with zero attached hydrogens (tertiary/aromatic N) is 5. The summed E-state index contributed by atoms with van der Waals surface area (Å²) < 4.78 is 7.86. The first-order chi connectivity index (χ1) is 14.5. The second-order valence-electron chi connectivity index (χ2n) is 7.44. The second kappa shape index (κ2) is 8.66. The molecule has 1 aliphatic rings. The van der Waals surface area contributed by atoms with Gasteiger partial charge in [0.2, 0.25) is 11.9 Å². The molecule has 158 valence electrons. The third-order valence-electron chi connectivity index (χ3n) is 4.94. The van der Waals surface area contributed by atoms with E-state index in [2.05, 4.69) is 41.5 Å². The van der Waals surface area contributed by atoms with Gasteiger partial charge in [-0.05, 0) is 37.9 Å². The number of fused-ring (bicyclic) bond motifs is 2. The molecule has 0 saturated heterocycles. The number of carbonyl (C=O) groups excluding carboxylic acids is 1. The number of hydrogen-bond acceptors (Lipinski definition) is 7. The van der Waals surface area contributed by atoms with E-state index in [0.717, 1.165) is 27.7 Å². The van der Waals surface area contributed by atoms with E-state index in [-0.39, 0.29) is 5.91 Å². The minimum absolute atomic E-state index is 0.105. The number of benzene rings is 1. The fraction of sp³-hybridized carbons (Fsp3) is 0.400. The molecule has 10 heteroatoms. The number of hydrogen-bond donors (Lipinski definition) is 2. The summed E-state index contributed by atoms with van der Waals surface area (Å²) in [4.78, 5) is 24.3. The molecule has 1 atom stereocenters. The summed E-state index contributed by atoms with van der Waals surface area (Å²) in [6, 6.07) is 5.77. The van der Waals surface area contributed by atoms with Crippen LogP contribution in [0.4, 0.5) is 11.6 Å². The van der Waals surface area contributed by atoms with Crippen LogP contribution in [0.25, 0.3) is 11.0 Å². The van der Waals surface area contributed by atoms with Gasteiger partial charge in [0.15, 0.2) is 5.65 Å². The fourth-order valence-corrected chi connectivity index (χ4v) is 3.85. The normalized spacial score (nSPS) is 15.6. The Hall–Kier alpha value is -2.56. The Morgan fingerprint density at radius 3 is 2.93 bits per heavy atom. The molecule has 0 bridgehead atoms. The summed E-state index contributed by atoms with van der Waals surface area (Å²) in [7, 11) is 5.66. The lowest BCUT2D eigenvalue weighted by molar-refractivity contribution is -0.116. The zero-order valence-corrected chi connectivity index (χ0v) is 18.7. The Kier molecular flexibility index (Phi) is 5.98. The van der Waals surface area contributed by atoms with Crippen molar-refractivity contribution in [3.05, 3.63) is 40.1 Å². The molecule has 2 N–H and O–H groups in total. The van der Waals surface area contributed by atoms with Crippen LogP contribution in [-0.4, -0.2) is 71.5 Å². The Morgan fingerprint density at radius 2 is 2.17 bits per heavy atom. The van der Waals surface area contributed by atoms with E-state index in [1.165, 1.54) is 0 Å². The largest absolute Gasteiger partial charge is 0.383 e. The Labute approximate surface area is 182 Å². The molecule has 1 unspecified atom stereocenters. The van der Waals surface area contributed by atoms with E-state index in [1.807, 2.05) is 38.5 Å². The summed E-state index contributed by atoms with van der Waals surface area (Å²) >= 11 is 3.51. The van der Waals surface area contributed by atoms with Crippen LogP contribution in [0.15, 0.2) is 28.9 Å². The minimum atomic E-state index is -0.530. The monoisotopic (exact) mass is 473 g/mol. The van der Waals surface area contributed by atoms with Crippen LogP contribution >= 0.6 is 15.9 Å². The first-order valence-electron chi connectivity index (χ1n) is 9.69. The maximum Gasteiger partial charge on any atom is 0.238 e. The molecule has 0 aliphatic carbocycles. The van der Waals surface area contributed by atoms with Gasteiger partial charge >= 0.3 is 0 Å². The average molecular weight is 474 g/mol. The quantitative estimate of drug-likeness (QED) is 0.517. The second-order valence-corrected chi connectivity index (χ2v) is 8.35. The molecule has 0 saturated carbocycles. The van der Waals surface area contributed by atoms with Gasteiger partial charge in [-0.25, -0.2) is 4.98 Å². The number of nitrogens with one attached hydrogen (secondary N) is 2. The number of halogens is 1. The molecule has 1 amide bonds. The summed E-state index contributed by atoms with van der Waals surface area (Å²) in [5, 5.41) is 11.6. The van der Waals surface area contributed by atoms with Crippen molar-refractivity contribution in [1.82, 2.24) is 24.6 Å². The SMILES string of the molecule is COCCn1cc2c(C3C(=O)Nc4ccc(Br)cc43)nc(NCCN(C)C)nc2n1. The van der Waals surface area contributed by atoms with Crippen LogP contribution in [0.1, 0.15) is 17.2 Å². The van der Waals surface area contributed by atoms with Crippen molar-refractivity contribution in [2.75, 3.05) is 51.5 Å². The Balaban J connectivity index is 1.79. The fourth-order valence-electron chi connectivity index (χ4n) is 3.47. The first-order valence-corrected chi connectivity index (χ1v) is 10.5. The molecule has 3 aromatic rings. The van der Waals surface area contributed by atoms with Crippen molar-refractivity contribution in [2.45, 2.75) is 12.5 Å². The number of methoxy groups -OCH3 is 1. The van der Waals surface area contributed by atoms with Gasteiger partial charge in [0.1, 0.15) is 5.92 Å². The number of anilines is 2. The van der Waals surface area contributed by atoms with Crippen LogP contribution < -0.4 is 10.6 Å². The minimum Gasteiger partial charge on any atom is -0.383 e. The summed E-state index contributed by atoms with van der Waals surface area (Å²) in [5.41, 5.74) is 2.89. The Bertz CT molecular complexity index is 1080. The highest BCUT2D eigenvalue weighted by Gasteiger charge is 2.35. The number of carbonyl (C=O) groups is 1. The number of amides is 1. The first kappa shape index (κ1) is 20.7. The third-order valence-corrected chi connectivity index (χ3v) is 5.43. The van der Waals surface area contributed by atoms with E-state index in [0.29, 0.717) is 37.0 Å². The molecule has 0 fully saturated rings. The van der Waals surface area contributed by atoms with Crippen molar-refractivity contribution in [3.8, 4) is 0 Å². The predicted octanol–water partition coefficient (Wildman–Crippen LogP) is 2.29. The summed E-state index contributed by atoms with van der Waals surface area (Å²) in [6.07, 6.45) is 1.89. The van der Waals surface area contributed by atoms with E-state index in [9.17, 15) is 4.79 Å². The molecular weight excluding hydrogens is 450 g/mol. The van der Waals surface area contributed by atoms with Crippen molar-refractivity contribution < 1.29 is 9.53 Å². The highest BCUT2D eigenvalue weighted by Crippen LogP contribution is 2.40. The standard InChI is InChI=1S/C20H24BrN7O2/c1-27(2)7-6-22-20-24-17(14-11-28(8-9-30-3)26-18(14)25-20)16-13-10-12(21)4-5-15(13)23-19(16)29/h4-5,10-11,16H,6-9H2,1-3H3,(H,23,29)(H,22,25,26). The lowest BCUT2D eigenvalue weighted by Gasteiger charge is -2.13. The number of rotatable bonds is 8. The van der Waals surface area contributed by atoms with Crippen LogP contribution in [0, 0.1) is 0 Å². The lowest BCUT2D eigenvalue weighted by atomic mass is 9.95. The molecular formula is C20H24BrN7O2. The van der Waals surface area contributed by atoms with Gasteiger partial charge in [-0.15, -0.1) is 0 Å². The summed E-state index contributed by atoms with van der Waals surface area (Å²) in [5.74, 6) is -0.169. The molecule has 1 aromatic carbocycles. The maximum atomic E-state index is 12.9. The molecule has 4 rings (SSSR count). The van der Waals surface area contributed by atoms with Gasteiger partial charge in [0.25, 0.3) is 0 Å². The van der Waals surface area contributed by atoms with Gasteiger partial charge in [0.05, 0.1) is 24.2 Å². The van der Waals surface area contributed by atoms with E-state index >= 15 is 0 Å². The highest BCUT2D eigenvalue weighted by molar-refractivity contribution is 9.10. The van der Waals surface area contributed by atoms with Crippen LogP contribution in [0.3, 0.4) is 0 Å². The van der Waals surface area contributed by atoms with E-state index in [4.69, 9.17) is 9.72 Å². The van der Waals surface area contributed by atoms with Gasteiger partial charge < -0.3 is 20.3 Å². The third kappa shape index (κ3) is 4.16. The topological polar surface area (TPSA) is 97.2 Å². The molecule has 2 aromatic heterocycles. The van der Waals surface area contributed by atoms with Gasteiger partial charge in [-0.3, -0.25) is 9.48 Å². The number of aromatic nitrogens is 4. The lowest BCUT2D eigenvalue weighted by Crippen LogP contribution is -2.22. The zero-order valence-electron chi connectivity index (χ0n) is 17.1.